The zero-order valence-corrected chi connectivity index (χ0v) is 10.1. The van der Waals surface area contributed by atoms with Crippen LogP contribution in [0.25, 0.3) is 0 Å². The second-order valence-electron chi connectivity index (χ2n) is 4.42. The maximum absolute atomic E-state index is 6.12. The monoisotopic (exact) mass is 223 g/mol. The van der Waals surface area contributed by atoms with Crippen molar-refractivity contribution in [2.75, 3.05) is 11.9 Å². The average Bonchev–Trinajstić information content (AvgIpc) is 3.05. The van der Waals surface area contributed by atoms with E-state index in [1.54, 1.807) is 0 Å². The second-order valence-corrected chi connectivity index (χ2v) is 4.42. The molecule has 16 heavy (non-hydrogen) atoms. The molecule has 1 aromatic rings. The predicted molar refractivity (Wildman–Crippen MR) is 64.3 cm³/mol. The van der Waals surface area contributed by atoms with E-state index in [4.69, 9.17) is 5.73 Å². The fourth-order valence-electron chi connectivity index (χ4n) is 2.01. The molecule has 1 atom stereocenters. The zero-order chi connectivity index (χ0) is 11.5. The van der Waals surface area contributed by atoms with Gasteiger partial charge in [-0.3, -0.25) is 4.57 Å². The third-order valence-electron chi connectivity index (χ3n) is 3.12. The van der Waals surface area contributed by atoms with Gasteiger partial charge in [0, 0.05) is 25.6 Å². The molecule has 1 unspecified atom stereocenters. The lowest BCUT2D eigenvalue weighted by atomic mass is 10.1. The highest BCUT2D eigenvalue weighted by Crippen LogP contribution is 2.32. The van der Waals surface area contributed by atoms with Gasteiger partial charge in [-0.2, -0.15) is 0 Å². The van der Waals surface area contributed by atoms with Crippen LogP contribution in [0.15, 0.2) is 0 Å². The average molecular weight is 223 g/mol. The topological polar surface area (TPSA) is 68.8 Å². The van der Waals surface area contributed by atoms with Crippen molar-refractivity contribution < 1.29 is 0 Å². The highest BCUT2D eigenvalue weighted by Gasteiger charge is 2.29. The van der Waals surface area contributed by atoms with Gasteiger partial charge in [-0.15, -0.1) is 10.2 Å². The summed E-state index contributed by atoms with van der Waals surface area (Å²) in [5.74, 6) is 2.59. The molecule has 0 amide bonds. The van der Waals surface area contributed by atoms with Gasteiger partial charge in [-0.1, -0.05) is 0 Å². The van der Waals surface area contributed by atoms with Crippen molar-refractivity contribution in [1.82, 2.24) is 14.8 Å². The predicted octanol–water partition coefficient (Wildman–Crippen LogP) is 1.01. The Labute approximate surface area is 96.4 Å². The molecule has 1 aliphatic rings. The van der Waals surface area contributed by atoms with Gasteiger partial charge in [0.1, 0.15) is 5.82 Å². The van der Waals surface area contributed by atoms with Gasteiger partial charge < -0.3 is 11.1 Å². The molecule has 1 heterocycles. The first-order valence-electron chi connectivity index (χ1n) is 6.17. The first-order valence-corrected chi connectivity index (χ1v) is 6.17. The second kappa shape index (κ2) is 4.82. The maximum Gasteiger partial charge on any atom is 0.224 e. The molecule has 1 fully saturated rings. The number of nitrogens with zero attached hydrogens (tertiary/aromatic N) is 3. The summed E-state index contributed by atoms with van der Waals surface area (Å²) >= 11 is 0. The standard InChI is InChI=1S/C11H21N5/c1-3-13-11-15-14-10(16(11)4-2)7-9(12)8-5-6-8/h8-9H,3-7,12H2,1-2H3,(H,13,15). The van der Waals surface area contributed by atoms with Crippen LogP contribution < -0.4 is 11.1 Å². The normalized spacial score (nSPS) is 17.4. The van der Waals surface area contributed by atoms with Gasteiger partial charge in [0.15, 0.2) is 0 Å². The number of aromatic nitrogens is 3. The molecule has 1 saturated carbocycles. The Kier molecular flexibility index (Phi) is 3.43. The highest BCUT2D eigenvalue weighted by molar-refractivity contribution is 5.25. The molecule has 5 nitrogen and oxygen atoms in total. The van der Waals surface area contributed by atoms with Crippen LogP contribution in [-0.4, -0.2) is 27.4 Å². The minimum absolute atomic E-state index is 0.254. The van der Waals surface area contributed by atoms with E-state index in [2.05, 4.69) is 33.9 Å². The van der Waals surface area contributed by atoms with Crippen molar-refractivity contribution in [3.05, 3.63) is 5.82 Å². The molecule has 90 valence electrons. The molecule has 0 saturated heterocycles. The first kappa shape index (κ1) is 11.4. The molecule has 2 rings (SSSR count). The molecule has 0 spiro atoms. The van der Waals surface area contributed by atoms with Crippen LogP contribution in [0.3, 0.4) is 0 Å². The Morgan fingerprint density at radius 3 is 2.75 bits per heavy atom. The molecule has 5 heteroatoms. The van der Waals surface area contributed by atoms with Gasteiger partial charge in [0.2, 0.25) is 5.95 Å². The van der Waals surface area contributed by atoms with E-state index in [1.165, 1.54) is 12.8 Å². The van der Waals surface area contributed by atoms with Gasteiger partial charge in [0.25, 0.3) is 0 Å². The number of anilines is 1. The molecular formula is C11H21N5. The summed E-state index contributed by atoms with van der Waals surface area (Å²) in [5, 5.41) is 11.6. The third kappa shape index (κ3) is 2.35. The van der Waals surface area contributed by atoms with Crippen molar-refractivity contribution in [3.63, 3.8) is 0 Å². The summed E-state index contributed by atoms with van der Waals surface area (Å²) in [4.78, 5) is 0. The van der Waals surface area contributed by atoms with Crippen LogP contribution in [-0.2, 0) is 13.0 Å². The third-order valence-corrected chi connectivity index (χ3v) is 3.12. The summed E-state index contributed by atoms with van der Waals surface area (Å²) in [5.41, 5.74) is 6.12. The van der Waals surface area contributed by atoms with Crippen molar-refractivity contribution in [2.45, 2.75) is 45.7 Å². The van der Waals surface area contributed by atoms with Crippen LogP contribution in [0.2, 0.25) is 0 Å². The van der Waals surface area contributed by atoms with E-state index in [1.807, 2.05) is 0 Å². The SMILES string of the molecule is CCNc1nnc(CC(N)C2CC2)n1CC. The lowest BCUT2D eigenvalue weighted by molar-refractivity contribution is 0.554. The van der Waals surface area contributed by atoms with Gasteiger partial charge in [0.05, 0.1) is 0 Å². The summed E-state index contributed by atoms with van der Waals surface area (Å²) in [6.45, 7) is 5.93. The summed E-state index contributed by atoms with van der Waals surface area (Å²) in [6.07, 6.45) is 3.40. The minimum atomic E-state index is 0.254. The van der Waals surface area contributed by atoms with E-state index in [0.717, 1.165) is 31.3 Å². The largest absolute Gasteiger partial charge is 0.355 e. The van der Waals surface area contributed by atoms with Crippen molar-refractivity contribution in [3.8, 4) is 0 Å². The lowest BCUT2D eigenvalue weighted by Crippen LogP contribution is -2.27. The Morgan fingerprint density at radius 1 is 1.44 bits per heavy atom. The van der Waals surface area contributed by atoms with Crippen LogP contribution in [0, 0.1) is 5.92 Å². The fraction of sp³-hybridized carbons (Fsp3) is 0.818. The Morgan fingerprint density at radius 2 is 2.19 bits per heavy atom. The number of hydrogen-bond acceptors (Lipinski definition) is 4. The first-order chi connectivity index (χ1) is 7.76. The van der Waals surface area contributed by atoms with Crippen LogP contribution in [0.4, 0.5) is 5.95 Å². The quantitative estimate of drug-likeness (QED) is 0.755. The minimum Gasteiger partial charge on any atom is -0.355 e. The smallest absolute Gasteiger partial charge is 0.224 e. The van der Waals surface area contributed by atoms with Gasteiger partial charge in [-0.25, -0.2) is 0 Å². The zero-order valence-electron chi connectivity index (χ0n) is 10.1. The van der Waals surface area contributed by atoms with E-state index in [9.17, 15) is 0 Å². The summed E-state index contributed by atoms with van der Waals surface area (Å²) < 4.78 is 2.12. The molecular weight excluding hydrogens is 202 g/mol. The van der Waals surface area contributed by atoms with E-state index < -0.39 is 0 Å². The van der Waals surface area contributed by atoms with Crippen LogP contribution in [0.1, 0.15) is 32.5 Å². The van der Waals surface area contributed by atoms with Gasteiger partial charge >= 0.3 is 0 Å². The molecule has 1 aliphatic carbocycles. The molecule has 3 N–H and O–H groups in total. The van der Waals surface area contributed by atoms with E-state index in [0.29, 0.717) is 5.92 Å². The maximum atomic E-state index is 6.12. The number of nitrogens with one attached hydrogen (secondary N) is 1. The van der Waals surface area contributed by atoms with Crippen molar-refractivity contribution in [2.24, 2.45) is 11.7 Å². The Bertz CT molecular complexity index is 342. The van der Waals surface area contributed by atoms with Crippen LogP contribution >= 0.6 is 0 Å². The summed E-state index contributed by atoms with van der Waals surface area (Å²) in [6, 6.07) is 0.254. The fourth-order valence-corrected chi connectivity index (χ4v) is 2.01. The lowest BCUT2D eigenvalue weighted by Gasteiger charge is -2.11. The highest BCUT2D eigenvalue weighted by atomic mass is 15.3. The Balaban J connectivity index is 2.06. The Hall–Kier alpha value is -1.10. The number of hydrogen-bond donors (Lipinski definition) is 2. The molecule has 1 aromatic heterocycles. The number of nitrogens with two attached hydrogens (primary N) is 1. The van der Waals surface area contributed by atoms with Crippen molar-refractivity contribution >= 4 is 5.95 Å². The van der Waals surface area contributed by atoms with E-state index >= 15 is 0 Å². The van der Waals surface area contributed by atoms with Gasteiger partial charge in [-0.05, 0) is 32.6 Å². The van der Waals surface area contributed by atoms with Crippen molar-refractivity contribution in [1.29, 1.82) is 0 Å². The van der Waals surface area contributed by atoms with Crippen LogP contribution in [0.5, 0.6) is 0 Å². The molecule has 0 aromatic carbocycles. The number of rotatable bonds is 6. The molecule has 0 radical (unpaired) electrons. The molecule has 0 aliphatic heterocycles. The van der Waals surface area contributed by atoms with E-state index in [-0.39, 0.29) is 6.04 Å². The summed E-state index contributed by atoms with van der Waals surface area (Å²) in [7, 11) is 0. The molecule has 0 bridgehead atoms.